The smallest absolute Gasteiger partial charge is 0.251 e. The van der Waals surface area contributed by atoms with E-state index in [1.54, 1.807) is 0 Å². The summed E-state index contributed by atoms with van der Waals surface area (Å²) in [5.41, 5.74) is 1.16. The van der Waals surface area contributed by atoms with Gasteiger partial charge in [-0.1, -0.05) is 30.3 Å². The van der Waals surface area contributed by atoms with Crippen molar-refractivity contribution in [1.82, 2.24) is 9.80 Å². The lowest BCUT2D eigenvalue weighted by Crippen LogP contribution is -2.45. The van der Waals surface area contributed by atoms with Crippen molar-refractivity contribution < 1.29 is 14.3 Å². The van der Waals surface area contributed by atoms with Gasteiger partial charge in [0.1, 0.15) is 6.10 Å². The molecule has 3 rings (SSSR count). The minimum absolute atomic E-state index is 0.173. The Balaban J connectivity index is 1.36. The van der Waals surface area contributed by atoms with E-state index in [-0.39, 0.29) is 17.9 Å². The standard InChI is InChI=1S/C22H32N2O3/c1-23(17-19-7-3-2-4-8-19)21(25)11-10-18-12-14-24(15-13-18)22(26)20-9-5-6-16-27-20/h2-4,7-8,18,20H,5-6,9-17H2,1H3. The van der Waals surface area contributed by atoms with Gasteiger partial charge >= 0.3 is 0 Å². The molecule has 2 amide bonds. The minimum atomic E-state index is -0.219. The van der Waals surface area contributed by atoms with Crippen LogP contribution in [0.1, 0.15) is 50.5 Å². The summed E-state index contributed by atoms with van der Waals surface area (Å²) in [6.07, 6.45) is 6.30. The summed E-state index contributed by atoms with van der Waals surface area (Å²) < 4.78 is 5.63. The summed E-state index contributed by atoms with van der Waals surface area (Å²) >= 11 is 0. The van der Waals surface area contributed by atoms with Gasteiger partial charge in [-0.25, -0.2) is 0 Å². The van der Waals surface area contributed by atoms with Crippen molar-refractivity contribution in [2.75, 3.05) is 26.7 Å². The van der Waals surface area contributed by atoms with Crippen molar-refractivity contribution in [3.63, 3.8) is 0 Å². The number of benzene rings is 1. The van der Waals surface area contributed by atoms with Crippen molar-refractivity contribution in [2.45, 2.75) is 57.6 Å². The molecule has 1 unspecified atom stereocenters. The second-order valence-electron chi connectivity index (χ2n) is 7.90. The van der Waals surface area contributed by atoms with Gasteiger partial charge in [-0.15, -0.1) is 0 Å². The van der Waals surface area contributed by atoms with Crippen LogP contribution in [0, 0.1) is 5.92 Å². The Labute approximate surface area is 162 Å². The molecule has 0 spiro atoms. The monoisotopic (exact) mass is 372 g/mol. The first kappa shape index (κ1) is 19.9. The molecule has 0 aromatic heterocycles. The third-order valence-corrected chi connectivity index (χ3v) is 5.84. The Bertz CT molecular complexity index is 605. The summed E-state index contributed by atoms with van der Waals surface area (Å²) in [6, 6.07) is 10.1. The first-order valence-corrected chi connectivity index (χ1v) is 10.3. The third-order valence-electron chi connectivity index (χ3n) is 5.84. The maximum Gasteiger partial charge on any atom is 0.251 e. The maximum atomic E-state index is 12.5. The van der Waals surface area contributed by atoms with Crippen molar-refractivity contribution >= 4 is 11.8 Å². The Morgan fingerprint density at radius 3 is 2.52 bits per heavy atom. The van der Waals surface area contributed by atoms with E-state index in [0.29, 0.717) is 25.5 Å². The van der Waals surface area contributed by atoms with E-state index in [0.717, 1.165) is 57.2 Å². The van der Waals surface area contributed by atoms with E-state index >= 15 is 0 Å². The maximum absolute atomic E-state index is 12.5. The largest absolute Gasteiger partial charge is 0.368 e. The average Bonchev–Trinajstić information content (AvgIpc) is 2.73. The second kappa shape index (κ2) is 9.88. The molecule has 1 atom stereocenters. The predicted octanol–water partition coefficient (Wildman–Crippen LogP) is 3.23. The van der Waals surface area contributed by atoms with Crippen LogP contribution in [-0.4, -0.2) is 54.5 Å². The molecule has 27 heavy (non-hydrogen) atoms. The van der Waals surface area contributed by atoms with E-state index in [4.69, 9.17) is 4.74 Å². The zero-order valence-electron chi connectivity index (χ0n) is 16.4. The molecule has 0 N–H and O–H groups in total. The van der Waals surface area contributed by atoms with Gasteiger partial charge in [-0.05, 0) is 50.0 Å². The fraction of sp³-hybridized carbons (Fsp3) is 0.636. The van der Waals surface area contributed by atoms with Gasteiger partial charge in [0.15, 0.2) is 0 Å². The summed E-state index contributed by atoms with van der Waals surface area (Å²) in [5, 5.41) is 0. The molecule has 2 aliphatic rings. The SMILES string of the molecule is CN(Cc1ccccc1)C(=O)CCC1CCN(C(=O)C2CCCCO2)CC1. The highest BCUT2D eigenvalue weighted by Gasteiger charge is 2.30. The number of carbonyl (C=O) groups excluding carboxylic acids is 2. The second-order valence-corrected chi connectivity index (χ2v) is 7.90. The number of hydrogen-bond donors (Lipinski definition) is 0. The van der Waals surface area contributed by atoms with E-state index < -0.39 is 0 Å². The molecule has 5 heteroatoms. The number of ether oxygens (including phenoxy) is 1. The van der Waals surface area contributed by atoms with E-state index in [2.05, 4.69) is 0 Å². The van der Waals surface area contributed by atoms with Crippen molar-refractivity contribution in [2.24, 2.45) is 5.92 Å². The van der Waals surface area contributed by atoms with Crippen LogP contribution in [0.15, 0.2) is 30.3 Å². The molecule has 1 aromatic carbocycles. The number of likely N-dealkylation sites (tertiary alicyclic amines) is 1. The van der Waals surface area contributed by atoms with Gasteiger partial charge in [0, 0.05) is 39.7 Å². The van der Waals surface area contributed by atoms with Crippen LogP contribution in [0.2, 0.25) is 0 Å². The normalized spacial score (nSPS) is 21.1. The quantitative estimate of drug-likeness (QED) is 0.770. The van der Waals surface area contributed by atoms with E-state index in [1.807, 2.05) is 47.2 Å². The Morgan fingerprint density at radius 2 is 1.85 bits per heavy atom. The number of carbonyl (C=O) groups is 2. The summed E-state index contributed by atoms with van der Waals surface area (Å²) in [6.45, 7) is 2.98. The van der Waals surface area contributed by atoms with Gasteiger partial charge in [-0.3, -0.25) is 9.59 Å². The van der Waals surface area contributed by atoms with Crippen molar-refractivity contribution in [1.29, 1.82) is 0 Å². The van der Waals surface area contributed by atoms with Gasteiger partial charge in [-0.2, -0.15) is 0 Å². The molecule has 148 valence electrons. The number of hydrogen-bond acceptors (Lipinski definition) is 3. The molecule has 0 aliphatic carbocycles. The first-order valence-electron chi connectivity index (χ1n) is 10.3. The molecule has 2 saturated heterocycles. The average molecular weight is 373 g/mol. The highest BCUT2D eigenvalue weighted by atomic mass is 16.5. The fourth-order valence-electron chi connectivity index (χ4n) is 4.05. The lowest BCUT2D eigenvalue weighted by atomic mass is 9.91. The Morgan fingerprint density at radius 1 is 1.11 bits per heavy atom. The zero-order chi connectivity index (χ0) is 19.1. The predicted molar refractivity (Wildman–Crippen MR) is 105 cm³/mol. The van der Waals surface area contributed by atoms with E-state index in [1.165, 1.54) is 0 Å². The fourth-order valence-corrected chi connectivity index (χ4v) is 4.05. The number of rotatable bonds is 6. The highest BCUT2D eigenvalue weighted by molar-refractivity contribution is 5.81. The molecule has 5 nitrogen and oxygen atoms in total. The van der Waals surface area contributed by atoms with Gasteiger partial charge in [0.2, 0.25) is 5.91 Å². The molecular weight excluding hydrogens is 340 g/mol. The third kappa shape index (κ3) is 5.80. The summed E-state index contributed by atoms with van der Waals surface area (Å²) in [5.74, 6) is 0.912. The molecular formula is C22H32N2O3. The highest BCUT2D eigenvalue weighted by Crippen LogP contribution is 2.24. The van der Waals surface area contributed by atoms with Gasteiger partial charge < -0.3 is 14.5 Å². The van der Waals surface area contributed by atoms with Crippen molar-refractivity contribution in [3.8, 4) is 0 Å². The van der Waals surface area contributed by atoms with Crippen LogP contribution in [0.3, 0.4) is 0 Å². The topological polar surface area (TPSA) is 49.9 Å². The zero-order valence-corrected chi connectivity index (χ0v) is 16.4. The molecule has 2 heterocycles. The van der Waals surface area contributed by atoms with E-state index in [9.17, 15) is 9.59 Å². The Hall–Kier alpha value is -1.88. The molecule has 2 aliphatic heterocycles. The van der Waals surface area contributed by atoms with Crippen LogP contribution in [0.25, 0.3) is 0 Å². The van der Waals surface area contributed by atoms with Crippen molar-refractivity contribution in [3.05, 3.63) is 35.9 Å². The lowest BCUT2D eigenvalue weighted by Gasteiger charge is -2.35. The van der Waals surface area contributed by atoms with Gasteiger partial charge in [0.25, 0.3) is 5.91 Å². The molecule has 2 fully saturated rings. The molecule has 1 aromatic rings. The lowest BCUT2D eigenvalue weighted by molar-refractivity contribution is -0.148. The minimum Gasteiger partial charge on any atom is -0.368 e. The first-order chi connectivity index (χ1) is 13.1. The summed E-state index contributed by atoms with van der Waals surface area (Å²) in [7, 11) is 1.88. The van der Waals surface area contributed by atoms with Crippen LogP contribution in [0.4, 0.5) is 0 Å². The van der Waals surface area contributed by atoms with Crippen LogP contribution >= 0.6 is 0 Å². The van der Waals surface area contributed by atoms with Crippen LogP contribution < -0.4 is 0 Å². The molecule has 0 radical (unpaired) electrons. The number of piperidine rings is 1. The molecule has 0 bridgehead atoms. The Kier molecular flexibility index (Phi) is 7.27. The number of amides is 2. The van der Waals surface area contributed by atoms with Crippen LogP contribution in [-0.2, 0) is 20.9 Å². The summed E-state index contributed by atoms with van der Waals surface area (Å²) in [4.78, 5) is 28.7. The van der Waals surface area contributed by atoms with Gasteiger partial charge in [0.05, 0.1) is 0 Å². The van der Waals surface area contributed by atoms with Crippen LogP contribution in [0.5, 0.6) is 0 Å². The molecule has 0 saturated carbocycles. The number of nitrogens with zero attached hydrogens (tertiary/aromatic N) is 2.